The fourth-order valence-corrected chi connectivity index (χ4v) is 4.08. The average Bonchev–Trinajstić information content (AvgIpc) is 2.76. The standard InChI is InChI=1S/C13H15IN2O4S/c14-10-3-1-9(2-4-10)13(18)15-7-12(17)16-11-5-6-21(19,20)8-11/h1-4,11H,5-8H2,(H,15,18)(H,16,17). The molecule has 0 radical (unpaired) electrons. The van der Waals surface area contributed by atoms with Crippen LogP contribution < -0.4 is 10.6 Å². The summed E-state index contributed by atoms with van der Waals surface area (Å²) in [6.07, 6.45) is 0.430. The number of rotatable bonds is 4. The SMILES string of the molecule is O=C(CNC(=O)c1ccc(I)cc1)NC1CCS(=O)(=O)C1. The molecule has 0 saturated carbocycles. The van der Waals surface area contributed by atoms with Crippen LogP contribution in [0.2, 0.25) is 0 Å². The lowest BCUT2D eigenvalue weighted by Crippen LogP contribution is -2.42. The minimum Gasteiger partial charge on any atom is -0.351 e. The lowest BCUT2D eigenvalue weighted by Gasteiger charge is -2.11. The van der Waals surface area contributed by atoms with Crippen LogP contribution in [0.3, 0.4) is 0 Å². The van der Waals surface area contributed by atoms with Gasteiger partial charge in [0.15, 0.2) is 9.84 Å². The third kappa shape index (κ3) is 4.95. The topological polar surface area (TPSA) is 92.3 Å². The number of hydrogen-bond acceptors (Lipinski definition) is 4. The largest absolute Gasteiger partial charge is 0.351 e. The predicted molar refractivity (Wildman–Crippen MR) is 86.7 cm³/mol. The number of carbonyl (C=O) groups excluding carboxylic acids is 2. The number of halogens is 1. The molecule has 6 nitrogen and oxygen atoms in total. The van der Waals surface area contributed by atoms with E-state index in [0.29, 0.717) is 12.0 Å². The zero-order chi connectivity index (χ0) is 15.5. The summed E-state index contributed by atoms with van der Waals surface area (Å²) in [6.45, 7) is -0.165. The highest BCUT2D eigenvalue weighted by Gasteiger charge is 2.28. The van der Waals surface area contributed by atoms with Crippen LogP contribution in [0, 0.1) is 3.57 Å². The molecule has 1 atom stereocenters. The summed E-state index contributed by atoms with van der Waals surface area (Å²) < 4.78 is 23.6. The highest BCUT2D eigenvalue weighted by atomic mass is 127. The van der Waals surface area contributed by atoms with Gasteiger partial charge in [0.1, 0.15) is 0 Å². The van der Waals surface area contributed by atoms with Crippen LogP contribution in [0.5, 0.6) is 0 Å². The van der Waals surface area contributed by atoms with Crippen LogP contribution in [0.15, 0.2) is 24.3 Å². The van der Waals surface area contributed by atoms with Crippen molar-refractivity contribution in [2.45, 2.75) is 12.5 Å². The van der Waals surface area contributed by atoms with Gasteiger partial charge in [-0.05, 0) is 53.3 Å². The zero-order valence-corrected chi connectivity index (χ0v) is 14.1. The van der Waals surface area contributed by atoms with Gasteiger partial charge in [-0.25, -0.2) is 8.42 Å². The maximum atomic E-state index is 11.8. The van der Waals surface area contributed by atoms with E-state index < -0.39 is 9.84 Å². The summed E-state index contributed by atoms with van der Waals surface area (Å²) in [6, 6.07) is 6.62. The molecule has 1 fully saturated rings. The van der Waals surface area contributed by atoms with E-state index in [1.165, 1.54) is 0 Å². The third-order valence-electron chi connectivity index (χ3n) is 3.11. The normalized spacial score (nSPS) is 20.0. The number of nitrogens with one attached hydrogen (secondary N) is 2. The number of carbonyl (C=O) groups is 2. The first-order valence-electron chi connectivity index (χ1n) is 6.39. The number of benzene rings is 1. The molecule has 8 heteroatoms. The molecule has 1 aromatic rings. The summed E-state index contributed by atoms with van der Waals surface area (Å²) in [5, 5.41) is 5.13. The second-order valence-corrected chi connectivity index (χ2v) is 8.33. The molecular weight excluding hydrogens is 407 g/mol. The van der Waals surface area contributed by atoms with Crippen molar-refractivity contribution < 1.29 is 18.0 Å². The molecule has 0 aromatic heterocycles. The van der Waals surface area contributed by atoms with Gasteiger partial charge < -0.3 is 10.6 Å². The van der Waals surface area contributed by atoms with Crippen LogP contribution >= 0.6 is 22.6 Å². The smallest absolute Gasteiger partial charge is 0.251 e. The Kier molecular flexibility index (Phi) is 5.20. The lowest BCUT2D eigenvalue weighted by molar-refractivity contribution is -0.120. The molecule has 21 heavy (non-hydrogen) atoms. The summed E-state index contributed by atoms with van der Waals surface area (Å²) in [4.78, 5) is 23.5. The van der Waals surface area contributed by atoms with Crippen LogP contribution in [0.1, 0.15) is 16.8 Å². The van der Waals surface area contributed by atoms with E-state index in [4.69, 9.17) is 0 Å². The van der Waals surface area contributed by atoms with Crippen molar-refractivity contribution in [3.05, 3.63) is 33.4 Å². The summed E-state index contributed by atoms with van der Waals surface area (Å²) >= 11 is 2.14. The van der Waals surface area contributed by atoms with Crippen molar-refractivity contribution in [3.63, 3.8) is 0 Å². The van der Waals surface area contributed by atoms with Crippen molar-refractivity contribution in [3.8, 4) is 0 Å². The molecule has 1 aliphatic rings. The monoisotopic (exact) mass is 422 g/mol. The highest BCUT2D eigenvalue weighted by molar-refractivity contribution is 14.1. The van der Waals surface area contributed by atoms with Gasteiger partial charge in [0.2, 0.25) is 5.91 Å². The number of amides is 2. The first-order chi connectivity index (χ1) is 9.85. The Morgan fingerprint density at radius 2 is 1.90 bits per heavy atom. The molecule has 1 heterocycles. The minimum absolute atomic E-state index is 0.0240. The van der Waals surface area contributed by atoms with E-state index in [2.05, 4.69) is 33.2 Å². The Labute approximate surface area is 136 Å². The van der Waals surface area contributed by atoms with Crippen LogP contribution in [-0.4, -0.2) is 44.3 Å². The maximum Gasteiger partial charge on any atom is 0.251 e. The second kappa shape index (κ2) is 6.73. The van der Waals surface area contributed by atoms with Crippen molar-refractivity contribution in [1.82, 2.24) is 10.6 Å². The van der Waals surface area contributed by atoms with Gasteiger partial charge in [0.25, 0.3) is 5.91 Å². The molecule has 1 aromatic carbocycles. The van der Waals surface area contributed by atoms with E-state index in [9.17, 15) is 18.0 Å². The van der Waals surface area contributed by atoms with E-state index in [1.54, 1.807) is 24.3 Å². The van der Waals surface area contributed by atoms with Gasteiger partial charge in [-0.1, -0.05) is 0 Å². The lowest BCUT2D eigenvalue weighted by atomic mass is 10.2. The molecule has 2 N–H and O–H groups in total. The van der Waals surface area contributed by atoms with Crippen molar-refractivity contribution >= 4 is 44.2 Å². The van der Waals surface area contributed by atoms with Gasteiger partial charge in [-0.2, -0.15) is 0 Å². The number of hydrogen-bond donors (Lipinski definition) is 2. The Balaban J connectivity index is 1.79. The Morgan fingerprint density at radius 3 is 2.48 bits per heavy atom. The minimum atomic E-state index is -3.02. The van der Waals surface area contributed by atoms with E-state index in [0.717, 1.165) is 3.57 Å². The van der Waals surface area contributed by atoms with Crippen LogP contribution in [-0.2, 0) is 14.6 Å². The highest BCUT2D eigenvalue weighted by Crippen LogP contribution is 2.11. The van der Waals surface area contributed by atoms with Gasteiger partial charge in [-0.3, -0.25) is 9.59 Å². The van der Waals surface area contributed by atoms with Crippen molar-refractivity contribution in [1.29, 1.82) is 0 Å². The first-order valence-corrected chi connectivity index (χ1v) is 9.29. The average molecular weight is 422 g/mol. The zero-order valence-electron chi connectivity index (χ0n) is 11.1. The van der Waals surface area contributed by atoms with Crippen molar-refractivity contribution in [2.75, 3.05) is 18.1 Å². The maximum absolute atomic E-state index is 11.8. The predicted octanol–water partition coefficient (Wildman–Crippen LogP) is 0.324. The molecular formula is C13H15IN2O4S. The Bertz CT molecular complexity index is 643. The summed E-state index contributed by atoms with van der Waals surface area (Å²) in [7, 11) is -3.02. The van der Waals surface area contributed by atoms with Crippen LogP contribution in [0.4, 0.5) is 0 Å². The molecule has 2 amide bonds. The Hall–Kier alpha value is -1.16. The molecule has 0 bridgehead atoms. The van der Waals surface area contributed by atoms with Gasteiger partial charge in [0, 0.05) is 15.2 Å². The van der Waals surface area contributed by atoms with Gasteiger partial charge in [-0.15, -0.1) is 0 Å². The fraction of sp³-hybridized carbons (Fsp3) is 0.385. The van der Waals surface area contributed by atoms with E-state index in [1.807, 2.05) is 0 Å². The third-order valence-corrected chi connectivity index (χ3v) is 5.60. The van der Waals surface area contributed by atoms with Crippen LogP contribution in [0.25, 0.3) is 0 Å². The number of sulfone groups is 1. The van der Waals surface area contributed by atoms with E-state index in [-0.39, 0.29) is 35.9 Å². The summed E-state index contributed by atoms with van der Waals surface area (Å²) in [5.74, 6) is -0.631. The fourth-order valence-electron chi connectivity index (χ4n) is 2.05. The molecule has 1 aliphatic heterocycles. The molecule has 1 saturated heterocycles. The second-order valence-electron chi connectivity index (χ2n) is 4.86. The van der Waals surface area contributed by atoms with Gasteiger partial charge >= 0.3 is 0 Å². The van der Waals surface area contributed by atoms with Crippen molar-refractivity contribution in [2.24, 2.45) is 0 Å². The summed E-state index contributed by atoms with van der Waals surface area (Å²) in [5.41, 5.74) is 0.478. The Morgan fingerprint density at radius 1 is 1.24 bits per heavy atom. The molecule has 0 aliphatic carbocycles. The molecule has 2 rings (SSSR count). The van der Waals surface area contributed by atoms with Gasteiger partial charge in [0.05, 0.1) is 18.1 Å². The first kappa shape index (κ1) is 16.2. The molecule has 114 valence electrons. The quantitative estimate of drug-likeness (QED) is 0.684. The molecule has 0 spiro atoms. The van der Waals surface area contributed by atoms with E-state index >= 15 is 0 Å². The molecule has 1 unspecified atom stereocenters.